The number of ether oxygens (including phenoxy) is 3. The van der Waals surface area contributed by atoms with Crippen molar-refractivity contribution < 1.29 is 28.5 Å². The summed E-state index contributed by atoms with van der Waals surface area (Å²) in [7, 11) is 1.97. The van der Waals surface area contributed by atoms with E-state index in [-0.39, 0.29) is 23.5 Å². The number of aromatic nitrogens is 3. The molecule has 2 fully saturated rings. The molecule has 0 spiro atoms. The van der Waals surface area contributed by atoms with Crippen LogP contribution in [0.15, 0.2) is 24.4 Å². The predicted octanol–water partition coefficient (Wildman–Crippen LogP) is 6.49. The molecule has 3 aromatic heterocycles. The van der Waals surface area contributed by atoms with E-state index >= 15 is 4.39 Å². The Hall–Kier alpha value is -4.22. The molecule has 2 saturated heterocycles. The van der Waals surface area contributed by atoms with E-state index in [0.29, 0.717) is 41.1 Å². The predicted molar refractivity (Wildman–Crippen MR) is 192 cm³/mol. The number of carboxylic acids is 1. The third-order valence-corrected chi connectivity index (χ3v) is 10.5. The van der Waals surface area contributed by atoms with Crippen molar-refractivity contribution in [1.29, 1.82) is 0 Å². The number of pyridine rings is 2. The molecule has 3 aliphatic rings. The number of anilines is 1. The topological polar surface area (TPSA) is 102 Å². The smallest absolute Gasteiger partial charge is 0.307 e. The lowest BCUT2D eigenvalue weighted by Gasteiger charge is -2.47. The highest BCUT2D eigenvalue weighted by molar-refractivity contribution is 6.02. The molecule has 0 amide bonds. The van der Waals surface area contributed by atoms with Crippen LogP contribution >= 0.6 is 0 Å². The number of carbonyl (C=O) groups is 1. The van der Waals surface area contributed by atoms with Crippen molar-refractivity contribution in [1.82, 2.24) is 19.4 Å². The lowest BCUT2D eigenvalue weighted by atomic mass is 9.86. The number of hydrogen-bond donors (Lipinski definition) is 1. The van der Waals surface area contributed by atoms with E-state index in [1.165, 1.54) is 0 Å². The molecular weight excluding hydrogens is 637 g/mol. The molecule has 0 saturated carbocycles. The van der Waals surface area contributed by atoms with Crippen LogP contribution in [0.2, 0.25) is 0 Å². The summed E-state index contributed by atoms with van der Waals surface area (Å²) in [4.78, 5) is 27.0. The minimum absolute atomic E-state index is 0.0725. The molecule has 50 heavy (non-hydrogen) atoms. The third-order valence-electron chi connectivity index (χ3n) is 10.5. The van der Waals surface area contributed by atoms with Crippen molar-refractivity contribution in [3.8, 4) is 33.9 Å². The van der Waals surface area contributed by atoms with Gasteiger partial charge in [-0.25, -0.2) is 9.97 Å². The molecule has 6 heterocycles. The summed E-state index contributed by atoms with van der Waals surface area (Å²) in [6.07, 6.45) is 4.04. The van der Waals surface area contributed by atoms with Crippen LogP contribution < -0.4 is 14.4 Å². The Morgan fingerprint density at radius 2 is 1.88 bits per heavy atom. The fourth-order valence-corrected chi connectivity index (χ4v) is 7.84. The number of benzene rings is 1. The van der Waals surface area contributed by atoms with Crippen LogP contribution in [0.1, 0.15) is 62.9 Å². The maximum Gasteiger partial charge on any atom is 0.307 e. The van der Waals surface area contributed by atoms with E-state index in [9.17, 15) is 9.90 Å². The van der Waals surface area contributed by atoms with Gasteiger partial charge in [0.15, 0.2) is 11.5 Å². The summed E-state index contributed by atoms with van der Waals surface area (Å²) in [5.41, 5.74) is 5.84. The SMILES string of the molecule is Cc1nc2c(cc(-c3ccnc(N4CCCN(C5(C)COC5)CC4)c3)n2C)c(-c2c(C)c3c(c(F)c2OC(C)(C)C)OCCC3)c1CC(=O)O. The van der Waals surface area contributed by atoms with Crippen LogP contribution in [-0.2, 0) is 29.4 Å². The Morgan fingerprint density at radius 1 is 1.10 bits per heavy atom. The van der Waals surface area contributed by atoms with Gasteiger partial charge in [-0.1, -0.05) is 0 Å². The van der Waals surface area contributed by atoms with E-state index in [1.807, 2.05) is 58.5 Å². The van der Waals surface area contributed by atoms with Gasteiger partial charge in [0.25, 0.3) is 0 Å². The number of hydrogen-bond acceptors (Lipinski definition) is 8. The first-order valence-electron chi connectivity index (χ1n) is 17.7. The number of rotatable bonds is 7. The minimum Gasteiger partial charge on any atom is -0.490 e. The summed E-state index contributed by atoms with van der Waals surface area (Å²) in [6, 6.07) is 6.17. The molecule has 10 nitrogen and oxygen atoms in total. The van der Waals surface area contributed by atoms with Crippen molar-refractivity contribution in [2.24, 2.45) is 7.05 Å². The van der Waals surface area contributed by atoms with E-state index in [0.717, 1.165) is 85.8 Å². The van der Waals surface area contributed by atoms with E-state index in [2.05, 4.69) is 28.9 Å². The number of aliphatic carboxylic acids is 1. The molecule has 0 bridgehead atoms. The zero-order chi connectivity index (χ0) is 35.5. The molecular formula is C39H48FN5O5. The van der Waals surface area contributed by atoms with Crippen LogP contribution in [0.3, 0.4) is 0 Å². The van der Waals surface area contributed by atoms with E-state index in [4.69, 9.17) is 24.2 Å². The van der Waals surface area contributed by atoms with Gasteiger partial charge in [-0.2, -0.15) is 4.39 Å². The zero-order valence-corrected chi connectivity index (χ0v) is 30.3. The average molecular weight is 686 g/mol. The van der Waals surface area contributed by atoms with Gasteiger partial charge in [0.05, 0.1) is 37.5 Å². The lowest BCUT2D eigenvalue weighted by Crippen LogP contribution is -2.60. The second-order valence-electron chi connectivity index (χ2n) is 15.3. The second kappa shape index (κ2) is 12.8. The number of fused-ring (bicyclic) bond motifs is 2. The Kier molecular flexibility index (Phi) is 8.79. The summed E-state index contributed by atoms with van der Waals surface area (Å²) in [5.74, 6) is -0.331. The summed E-state index contributed by atoms with van der Waals surface area (Å²) < 4.78 is 36.5. The fourth-order valence-electron chi connectivity index (χ4n) is 7.84. The fraction of sp³-hybridized carbons (Fsp3) is 0.513. The van der Waals surface area contributed by atoms with Crippen molar-refractivity contribution in [2.75, 3.05) is 50.9 Å². The number of halogens is 1. The maximum atomic E-state index is 16.6. The first-order chi connectivity index (χ1) is 23.8. The molecule has 1 N–H and O–H groups in total. The Bertz CT molecular complexity index is 1980. The summed E-state index contributed by atoms with van der Waals surface area (Å²) >= 11 is 0. The van der Waals surface area contributed by atoms with Gasteiger partial charge in [-0.3, -0.25) is 9.69 Å². The van der Waals surface area contributed by atoms with Crippen LogP contribution in [0, 0.1) is 19.7 Å². The van der Waals surface area contributed by atoms with Gasteiger partial charge in [0.2, 0.25) is 5.82 Å². The number of aryl methyl sites for hydroxylation is 2. The average Bonchev–Trinajstić information content (AvgIpc) is 3.21. The Morgan fingerprint density at radius 3 is 2.58 bits per heavy atom. The van der Waals surface area contributed by atoms with Gasteiger partial charge in [0.1, 0.15) is 17.1 Å². The van der Waals surface area contributed by atoms with Crippen molar-refractivity contribution in [3.63, 3.8) is 0 Å². The van der Waals surface area contributed by atoms with E-state index < -0.39 is 17.4 Å². The Balaban J connectivity index is 1.39. The molecule has 0 radical (unpaired) electrons. The minimum atomic E-state index is -0.988. The first kappa shape index (κ1) is 34.2. The maximum absolute atomic E-state index is 16.6. The molecule has 11 heteroatoms. The molecule has 3 aliphatic heterocycles. The molecule has 4 aromatic rings. The highest BCUT2D eigenvalue weighted by Crippen LogP contribution is 2.49. The van der Waals surface area contributed by atoms with Gasteiger partial charge < -0.3 is 28.8 Å². The van der Waals surface area contributed by atoms with Gasteiger partial charge in [-0.05, 0) is 90.1 Å². The van der Waals surface area contributed by atoms with Gasteiger partial charge in [-0.15, -0.1) is 0 Å². The second-order valence-corrected chi connectivity index (χ2v) is 15.3. The Labute approximate surface area is 293 Å². The van der Waals surface area contributed by atoms with Crippen LogP contribution in [-0.4, -0.2) is 87.7 Å². The van der Waals surface area contributed by atoms with Crippen LogP contribution in [0.25, 0.3) is 33.4 Å². The molecule has 0 atom stereocenters. The highest BCUT2D eigenvalue weighted by Gasteiger charge is 2.40. The monoisotopic (exact) mass is 685 g/mol. The first-order valence-corrected chi connectivity index (χ1v) is 17.7. The lowest BCUT2D eigenvalue weighted by molar-refractivity contribution is -0.136. The van der Waals surface area contributed by atoms with Crippen molar-refractivity contribution >= 4 is 22.8 Å². The molecule has 0 unspecified atom stereocenters. The summed E-state index contributed by atoms with van der Waals surface area (Å²) in [5, 5.41) is 10.9. The molecule has 7 rings (SSSR count). The standard InChI is InChI=1S/C39H48FN5O5/c1-23-26-10-8-17-49-35(26)34(40)36(50-38(3,4)5)32(23)33-27(20-31(46)47)24(2)42-37-28(33)19-29(43(37)7)25-11-12-41-30(18-25)44-13-9-14-45(16-15-44)39(6)21-48-22-39/h11-12,18-19H,8-10,13-17,20-22H2,1-7H3,(H,46,47). The van der Waals surface area contributed by atoms with Crippen LogP contribution in [0.4, 0.5) is 10.2 Å². The van der Waals surface area contributed by atoms with Gasteiger partial charge in [0, 0.05) is 72.8 Å². The van der Waals surface area contributed by atoms with Crippen molar-refractivity contribution in [2.45, 2.75) is 78.4 Å². The van der Waals surface area contributed by atoms with Crippen LogP contribution in [0.5, 0.6) is 11.5 Å². The largest absolute Gasteiger partial charge is 0.490 e. The van der Waals surface area contributed by atoms with E-state index in [1.54, 1.807) is 0 Å². The number of carboxylic acid groups (broad SMARTS) is 1. The highest BCUT2D eigenvalue weighted by atomic mass is 19.1. The molecule has 0 aliphatic carbocycles. The normalized spacial score (nSPS) is 18.0. The number of nitrogens with zero attached hydrogens (tertiary/aromatic N) is 5. The molecule has 266 valence electrons. The van der Waals surface area contributed by atoms with Crippen molar-refractivity contribution in [3.05, 3.63) is 52.6 Å². The summed E-state index contributed by atoms with van der Waals surface area (Å²) in [6.45, 7) is 17.4. The van der Waals surface area contributed by atoms with Gasteiger partial charge >= 0.3 is 5.97 Å². The zero-order valence-electron chi connectivity index (χ0n) is 30.3. The molecule has 1 aromatic carbocycles. The quantitative estimate of drug-likeness (QED) is 0.234. The third kappa shape index (κ3) is 6.08.